The number of thiophene rings is 1. The number of amides is 1. The lowest BCUT2D eigenvalue weighted by molar-refractivity contribution is 0.0529. The highest BCUT2D eigenvalue weighted by Gasteiger charge is 2.24. The summed E-state index contributed by atoms with van der Waals surface area (Å²) in [6, 6.07) is 13.0. The molecular formula is C21H18N2O4S. The molecule has 0 spiro atoms. The summed E-state index contributed by atoms with van der Waals surface area (Å²) in [5, 5.41) is 5.18. The molecule has 0 fully saturated rings. The first kappa shape index (κ1) is 18.1. The van der Waals surface area contributed by atoms with Gasteiger partial charge in [-0.1, -0.05) is 30.3 Å². The van der Waals surface area contributed by atoms with Crippen LogP contribution < -0.4 is 5.32 Å². The van der Waals surface area contributed by atoms with E-state index in [9.17, 15) is 9.59 Å². The maximum atomic E-state index is 12.9. The molecule has 4 aromatic rings. The molecule has 1 amide bonds. The molecule has 0 aliphatic carbocycles. The molecule has 0 unspecified atom stereocenters. The van der Waals surface area contributed by atoms with E-state index in [0.29, 0.717) is 21.8 Å². The van der Waals surface area contributed by atoms with E-state index < -0.39 is 5.97 Å². The lowest BCUT2D eigenvalue weighted by Crippen LogP contribution is -2.17. The number of furan rings is 1. The van der Waals surface area contributed by atoms with Crippen LogP contribution in [0.15, 0.2) is 58.5 Å². The van der Waals surface area contributed by atoms with Gasteiger partial charge in [0.15, 0.2) is 5.58 Å². The predicted molar refractivity (Wildman–Crippen MR) is 109 cm³/mol. The summed E-state index contributed by atoms with van der Waals surface area (Å²) in [6.07, 6.45) is 1.58. The van der Waals surface area contributed by atoms with E-state index in [1.807, 2.05) is 35.7 Å². The standard InChI is InChI=1S/C21H18N2O4S/c1-3-26-21(25)18-14(13-7-5-4-6-8-13)12-28-20(18)22-19(24)16-11-17-15(23(16)2)9-10-27-17/h4-12H,3H2,1-2H3,(H,22,24). The molecule has 3 heterocycles. The summed E-state index contributed by atoms with van der Waals surface area (Å²) in [6.45, 7) is 2.01. The van der Waals surface area contributed by atoms with E-state index >= 15 is 0 Å². The van der Waals surface area contributed by atoms with Crippen molar-refractivity contribution >= 4 is 39.3 Å². The van der Waals surface area contributed by atoms with E-state index in [2.05, 4.69) is 5.32 Å². The van der Waals surface area contributed by atoms with E-state index in [4.69, 9.17) is 9.15 Å². The monoisotopic (exact) mass is 394 g/mol. The van der Waals surface area contributed by atoms with Crippen LogP contribution in [-0.4, -0.2) is 23.1 Å². The molecule has 28 heavy (non-hydrogen) atoms. The van der Waals surface area contributed by atoms with Gasteiger partial charge in [0.2, 0.25) is 0 Å². The number of aryl methyl sites for hydroxylation is 1. The van der Waals surface area contributed by atoms with Gasteiger partial charge >= 0.3 is 5.97 Å². The number of nitrogens with zero attached hydrogens (tertiary/aromatic N) is 1. The Hall–Kier alpha value is -3.32. The average Bonchev–Trinajstić information content (AvgIpc) is 3.39. The minimum atomic E-state index is -0.460. The van der Waals surface area contributed by atoms with Crippen LogP contribution in [0.25, 0.3) is 22.2 Å². The van der Waals surface area contributed by atoms with Crippen LogP contribution in [-0.2, 0) is 11.8 Å². The zero-order valence-electron chi connectivity index (χ0n) is 15.4. The van der Waals surface area contributed by atoms with Gasteiger partial charge in [0.1, 0.15) is 16.3 Å². The summed E-state index contributed by atoms with van der Waals surface area (Å²) in [5.74, 6) is -0.778. The third-order valence-electron chi connectivity index (χ3n) is 4.48. The highest BCUT2D eigenvalue weighted by atomic mass is 32.1. The molecule has 6 nitrogen and oxygen atoms in total. The van der Waals surface area contributed by atoms with Gasteiger partial charge in [0.05, 0.1) is 18.4 Å². The lowest BCUT2D eigenvalue weighted by Gasteiger charge is -2.09. The molecule has 0 bridgehead atoms. The van der Waals surface area contributed by atoms with Gasteiger partial charge < -0.3 is 19.0 Å². The van der Waals surface area contributed by atoms with Gasteiger partial charge in [-0.05, 0) is 12.5 Å². The highest BCUT2D eigenvalue weighted by Crippen LogP contribution is 2.36. The Morgan fingerprint density at radius 2 is 2.00 bits per heavy atom. The third-order valence-corrected chi connectivity index (χ3v) is 5.37. The van der Waals surface area contributed by atoms with Crippen LogP contribution in [0.5, 0.6) is 0 Å². The number of hydrogen-bond donors (Lipinski definition) is 1. The number of carbonyl (C=O) groups excluding carboxylic acids is 2. The molecule has 0 aliphatic heterocycles. The Bertz CT molecular complexity index is 1150. The van der Waals surface area contributed by atoms with Crippen molar-refractivity contribution < 1.29 is 18.7 Å². The molecule has 0 saturated heterocycles. The number of nitrogens with one attached hydrogen (secondary N) is 1. The summed E-state index contributed by atoms with van der Waals surface area (Å²) >= 11 is 1.30. The van der Waals surface area contributed by atoms with Gasteiger partial charge in [-0.25, -0.2) is 4.79 Å². The largest absolute Gasteiger partial charge is 0.463 e. The maximum Gasteiger partial charge on any atom is 0.341 e. The van der Waals surface area contributed by atoms with Gasteiger partial charge in [-0.15, -0.1) is 11.3 Å². The fourth-order valence-electron chi connectivity index (χ4n) is 3.12. The summed E-state index contributed by atoms with van der Waals surface area (Å²) in [4.78, 5) is 25.5. The fraction of sp³-hybridized carbons (Fsp3) is 0.143. The van der Waals surface area contributed by atoms with Crippen molar-refractivity contribution in [3.05, 3.63) is 65.4 Å². The number of rotatable bonds is 5. The fourth-order valence-corrected chi connectivity index (χ4v) is 4.07. The number of esters is 1. The number of fused-ring (bicyclic) bond motifs is 1. The van der Waals surface area contributed by atoms with E-state index in [1.165, 1.54) is 11.3 Å². The molecule has 7 heteroatoms. The molecule has 0 atom stereocenters. The van der Waals surface area contributed by atoms with Gasteiger partial charge in [-0.3, -0.25) is 4.79 Å². The highest BCUT2D eigenvalue weighted by molar-refractivity contribution is 7.15. The number of anilines is 1. The van der Waals surface area contributed by atoms with Crippen molar-refractivity contribution in [2.75, 3.05) is 11.9 Å². The molecule has 0 aliphatic rings. The molecule has 1 N–H and O–H groups in total. The molecule has 0 radical (unpaired) electrons. The van der Waals surface area contributed by atoms with E-state index in [-0.39, 0.29) is 12.5 Å². The predicted octanol–water partition coefficient (Wildman–Crippen LogP) is 4.93. The van der Waals surface area contributed by atoms with Crippen LogP contribution in [0.2, 0.25) is 0 Å². The van der Waals surface area contributed by atoms with Crippen LogP contribution >= 0.6 is 11.3 Å². The van der Waals surface area contributed by atoms with E-state index in [1.54, 1.807) is 36.9 Å². The van der Waals surface area contributed by atoms with Crippen molar-refractivity contribution in [2.24, 2.45) is 7.05 Å². The second kappa shape index (κ2) is 7.36. The average molecular weight is 394 g/mol. The first-order chi connectivity index (χ1) is 13.6. The molecule has 0 saturated carbocycles. The molecule has 4 rings (SSSR count). The van der Waals surface area contributed by atoms with E-state index in [0.717, 1.165) is 16.6 Å². The third kappa shape index (κ3) is 3.10. The maximum absolute atomic E-state index is 12.9. The number of ether oxygens (including phenoxy) is 1. The van der Waals surface area contributed by atoms with Crippen molar-refractivity contribution in [2.45, 2.75) is 6.92 Å². The summed E-state index contributed by atoms with van der Waals surface area (Å²) in [7, 11) is 1.79. The Labute approximate surface area is 165 Å². The van der Waals surface area contributed by atoms with Crippen LogP contribution in [0.3, 0.4) is 0 Å². The molecular weight excluding hydrogens is 376 g/mol. The van der Waals surface area contributed by atoms with Gasteiger partial charge in [0, 0.05) is 30.1 Å². The van der Waals surface area contributed by atoms with Gasteiger partial charge in [-0.2, -0.15) is 0 Å². The summed E-state index contributed by atoms with van der Waals surface area (Å²) in [5.41, 5.74) is 3.89. The lowest BCUT2D eigenvalue weighted by atomic mass is 10.0. The van der Waals surface area contributed by atoms with Crippen molar-refractivity contribution in [1.29, 1.82) is 0 Å². The minimum Gasteiger partial charge on any atom is -0.463 e. The van der Waals surface area contributed by atoms with Crippen LogP contribution in [0, 0.1) is 0 Å². The zero-order valence-corrected chi connectivity index (χ0v) is 16.2. The SMILES string of the molecule is CCOC(=O)c1c(-c2ccccc2)csc1NC(=O)c1cc2occc2n1C. The number of hydrogen-bond acceptors (Lipinski definition) is 5. The summed E-state index contributed by atoms with van der Waals surface area (Å²) < 4.78 is 12.3. The Morgan fingerprint density at radius 3 is 2.71 bits per heavy atom. The van der Waals surface area contributed by atoms with Crippen molar-refractivity contribution in [3.63, 3.8) is 0 Å². The topological polar surface area (TPSA) is 73.5 Å². The minimum absolute atomic E-state index is 0.254. The quantitative estimate of drug-likeness (QED) is 0.487. The number of carbonyl (C=O) groups is 2. The van der Waals surface area contributed by atoms with Crippen LogP contribution in [0.4, 0.5) is 5.00 Å². The zero-order chi connectivity index (χ0) is 19.7. The Morgan fingerprint density at radius 1 is 1.21 bits per heavy atom. The number of aromatic nitrogens is 1. The second-order valence-corrected chi connectivity index (χ2v) is 7.03. The molecule has 142 valence electrons. The normalized spacial score (nSPS) is 10.9. The van der Waals surface area contributed by atoms with Gasteiger partial charge in [0.25, 0.3) is 5.91 Å². The first-order valence-electron chi connectivity index (χ1n) is 8.78. The molecule has 3 aromatic heterocycles. The first-order valence-corrected chi connectivity index (χ1v) is 9.66. The van der Waals surface area contributed by atoms with Crippen molar-refractivity contribution in [1.82, 2.24) is 4.57 Å². The van der Waals surface area contributed by atoms with Crippen LogP contribution in [0.1, 0.15) is 27.8 Å². The number of benzene rings is 1. The second-order valence-electron chi connectivity index (χ2n) is 6.15. The Balaban J connectivity index is 1.72. The van der Waals surface area contributed by atoms with Crippen molar-refractivity contribution in [3.8, 4) is 11.1 Å². The molecule has 1 aromatic carbocycles. The smallest absolute Gasteiger partial charge is 0.341 e. The Kier molecular flexibility index (Phi) is 4.75.